The van der Waals surface area contributed by atoms with Gasteiger partial charge in [0, 0.05) is 19.9 Å². The third-order valence-corrected chi connectivity index (χ3v) is 2.31. The van der Waals surface area contributed by atoms with Crippen LogP contribution in [0.1, 0.15) is 0 Å². The largest absolute Gasteiger partial charge is 0.481 e. The standard InChI is InChI=1S/C10H13BrN2O3/c1-15-6-5-12-9(14)7-16-8-3-2-4-13-10(8)11/h2-4H,5-7H2,1H3,(H,12,14). The number of methoxy groups -OCH3 is 1. The van der Waals surface area contributed by atoms with E-state index in [0.717, 1.165) is 0 Å². The lowest BCUT2D eigenvalue weighted by molar-refractivity contribution is -0.123. The molecule has 0 fully saturated rings. The van der Waals surface area contributed by atoms with E-state index in [-0.39, 0.29) is 12.5 Å². The molecule has 16 heavy (non-hydrogen) atoms. The molecule has 0 saturated carbocycles. The Morgan fingerprint density at radius 3 is 3.12 bits per heavy atom. The van der Waals surface area contributed by atoms with Crippen molar-refractivity contribution in [3.8, 4) is 5.75 Å². The van der Waals surface area contributed by atoms with Crippen molar-refractivity contribution >= 4 is 21.8 Å². The fourth-order valence-corrected chi connectivity index (χ4v) is 1.33. The molecule has 0 aliphatic carbocycles. The van der Waals surface area contributed by atoms with E-state index in [1.165, 1.54) is 0 Å². The van der Waals surface area contributed by atoms with Crippen molar-refractivity contribution in [3.05, 3.63) is 22.9 Å². The second-order valence-electron chi connectivity index (χ2n) is 2.92. The van der Waals surface area contributed by atoms with Crippen LogP contribution in [0, 0.1) is 0 Å². The minimum Gasteiger partial charge on any atom is -0.481 e. The molecule has 0 bridgehead atoms. The molecule has 5 nitrogen and oxygen atoms in total. The van der Waals surface area contributed by atoms with Crippen LogP contribution in [-0.4, -0.2) is 37.8 Å². The smallest absolute Gasteiger partial charge is 0.258 e. The van der Waals surface area contributed by atoms with Gasteiger partial charge in [0.1, 0.15) is 4.60 Å². The summed E-state index contributed by atoms with van der Waals surface area (Å²) in [4.78, 5) is 15.2. The lowest BCUT2D eigenvalue weighted by Gasteiger charge is -2.07. The number of ether oxygens (including phenoxy) is 2. The van der Waals surface area contributed by atoms with Gasteiger partial charge in [-0.15, -0.1) is 0 Å². The minimum absolute atomic E-state index is 0.0337. The number of aromatic nitrogens is 1. The molecular formula is C10H13BrN2O3. The Morgan fingerprint density at radius 1 is 1.62 bits per heavy atom. The number of hydrogen-bond acceptors (Lipinski definition) is 4. The topological polar surface area (TPSA) is 60.5 Å². The number of halogens is 1. The summed E-state index contributed by atoms with van der Waals surface area (Å²) in [6.07, 6.45) is 1.63. The van der Waals surface area contributed by atoms with Crippen molar-refractivity contribution in [2.24, 2.45) is 0 Å². The van der Waals surface area contributed by atoms with E-state index in [0.29, 0.717) is 23.5 Å². The number of carbonyl (C=O) groups is 1. The fraction of sp³-hybridized carbons (Fsp3) is 0.400. The van der Waals surface area contributed by atoms with E-state index < -0.39 is 0 Å². The number of nitrogens with zero attached hydrogens (tertiary/aromatic N) is 1. The maximum atomic E-state index is 11.3. The highest BCUT2D eigenvalue weighted by atomic mass is 79.9. The highest BCUT2D eigenvalue weighted by molar-refractivity contribution is 9.10. The van der Waals surface area contributed by atoms with Gasteiger partial charge in [0.25, 0.3) is 5.91 Å². The SMILES string of the molecule is COCCNC(=O)COc1cccnc1Br. The molecule has 1 aromatic heterocycles. The van der Waals surface area contributed by atoms with Gasteiger partial charge in [-0.3, -0.25) is 4.79 Å². The Balaban J connectivity index is 2.29. The van der Waals surface area contributed by atoms with Gasteiger partial charge >= 0.3 is 0 Å². The molecule has 6 heteroatoms. The van der Waals surface area contributed by atoms with Crippen LogP contribution < -0.4 is 10.1 Å². The summed E-state index contributed by atoms with van der Waals surface area (Å²) in [6.45, 7) is 0.934. The first-order valence-electron chi connectivity index (χ1n) is 4.73. The van der Waals surface area contributed by atoms with Crippen LogP contribution in [0.15, 0.2) is 22.9 Å². The van der Waals surface area contributed by atoms with Gasteiger partial charge in [0.15, 0.2) is 12.4 Å². The monoisotopic (exact) mass is 288 g/mol. The second kappa shape index (κ2) is 7.19. The third-order valence-electron chi connectivity index (χ3n) is 1.71. The summed E-state index contributed by atoms with van der Waals surface area (Å²) in [5.41, 5.74) is 0. The molecule has 1 amide bonds. The van der Waals surface area contributed by atoms with Gasteiger partial charge in [-0.1, -0.05) is 0 Å². The van der Waals surface area contributed by atoms with Gasteiger partial charge < -0.3 is 14.8 Å². The molecule has 0 unspecified atom stereocenters. The first-order valence-corrected chi connectivity index (χ1v) is 5.52. The Hall–Kier alpha value is -1.14. The van der Waals surface area contributed by atoms with Crippen molar-refractivity contribution in [2.45, 2.75) is 0 Å². The van der Waals surface area contributed by atoms with Crippen LogP contribution in [0.5, 0.6) is 5.75 Å². The highest BCUT2D eigenvalue weighted by Crippen LogP contribution is 2.20. The quantitative estimate of drug-likeness (QED) is 0.626. The molecule has 0 spiro atoms. The number of carbonyl (C=O) groups excluding carboxylic acids is 1. The Kier molecular flexibility index (Phi) is 5.81. The fourth-order valence-electron chi connectivity index (χ4n) is 0.966. The average molecular weight is 289 g/mol. The Morgan fingerprint density at radius 2 is 2.44 bits per heavy atom. The van der Waals surface area contributed by atoms with E-state index in [2.05, 4.69) is 26.2 Å². The van der Waals surface area contributed by atoms with Gasteiger partial charge in [0.2, 0.25) is 0 Å². The molecule has 88 valence electrons. The van der Waals surface area contributed by atoms with Crippen molar-refractivity contribution in [3.63, 3.8) is 0 Å². The zero-order valence-corrected chi connectivity index (χ0v) is 10.5. The van der Waals surface area contributed by atoms with Crippen molar-refractivity contribution < 1.29 is 14.3 Å². The van der Waals surface area contributed by atoms with E-state index in [1.54, 1.807) is 25.4 Å². The summed E-state index contributed by atoms with van der Waals surface area (Å²) < 4.78 is 10.7. The molecule has 0 aromatic carbocycles. The highest BCUT2D eigenvalue weighted by Gasteiger charge is 2.04. The van der Waals surface area contributed by atoms with E-state index >= 15 is 0 Å². The lowest BCUT2D eigenvalue weighted by Crippen LogP contribution is -2.31. The molecule has 0 saturated heterocycles. The predicted molar refractivity (Wildman–Crippen MR) is 62.3 cm³/mol. The van der Waals surface area contributed by atoms with Crippen LogP contribution in [0.2, 0.25) is 0 Å². The summed E-state index contributed by atoms with van der Waals surface area (Å²) in [6, 6.07) is 3.47. The van der Waals surface area contributed by atoms with Crippen LogP contribution in [0.25, 0.3) is 0 Å². The van der Waals surface area contributed by atoms with Crippen LogP contribution in [0.4, 0.5) is 0 Å². The lowest BCUT2D eigenvalue weighted by atomic mass is 10.4. The number of amides is 1. The normalized spacial score (nSPS) is 9.88. The number of pyridine rings is 1. The summed E-state index contributed by atoms with van der Waals surface area (Å²) in [5.74, 6) is 0.359. The summed E-state index contributed by atoms with van der Waals surface area (Å²) >= 11 is 3.22. The van der Waals surface area contributed by atoms with Gasteiger partial charge in [-0.2, -0.15) is 0 Å². The Bertz CT molecular complexity index is 347. The molecule has 1 N–H and O–H groups in total. The first-order chi connectivity index (χ1) is 7.74. The zero-order chi connectivity index (χ0) is 11.8. The van der Waals surface area contributed by atoms with Crippen molar-refractivity contribution in [1.29, 1.82) is 0 Å². The third kappa shape index (κ3) is 4.59. The molecule has 0 radical (unpaired) electrons. The maximum absolute atomic E-state index is 11.3. The minimum atomic E-state index is -0.187. The van der Waals surface area contributed by atoms with Gasteiger partial charge in [-0.05, 0) is 28.1 Å². The first kappa shape index (κ1) is 12.9. The van der Waals surface area contributed by atoms with Crippen LogP contribution >= 0.6 is 15.9 Å². The van der Waals surface area contributed by atoms with Gasteiger partial charge in [0.05, 0.1) is 6.61 Å². The van der Waals surface area contributed by atoms with E-state index in [9.17, 15) is 4.79 Å². The zero-order valence-electron chi connectivity index (χ0n) is 8.90. The molecule has 0 aliphatic heterocycles. The summed E-state index contributed by atoms with van der Waals surface area (Å²) in [5, 5.41) is 2.65. The molecule has 0 atom stereocenters. The Labute approximate surface area is 102 Å². The van der Waals surface area contributed by atoms with E-state index in [4.69, 9.17) is 9.47 Å². The van der Waals surface area contributed by atoms with Crippen LogP contribution in [-0.2, 0) is 9.53 Å². The molecule has 1 heterocycles. The maximum Gasteiger partial charge on any atom is 0.258 e. The number of rotatable bonds is 6. The van der Waals surface area contributed by atoms with E-state index in [1.807, 2.05) is 0 Å². The second-order valence-corrected chi connectivity index (χ2v) is 3.67. The molecule has 1 aromatic rings. The van der Waals surface area contributed by atoms with Gasteiger partial charge in [-0.25, -0.2) is 4.98 Å². The molecule has 1 rings (SSSR count). The van der Waals surface area contributed by atoms with Crippen molar-refractivity contribution in [1.82, 2.24) is 10.3 Å². The number of nitrogens with one attached hydrogen (secondary N) is 1. The van der Waals surface area contributed by atoms with Crippen LogP contribution in [0.3, 0.4) is 0 Å². The summed E-state index contributed by atoms with van der Waals surface area (Å²) in [7, 11) is 1.58. The molecule has 0 aliphatic rings. The predicted octanol–water partition coefficient (Wildman–Crippen LogP) is 0.985. The van der Waals surface area contributed by atoms with Crippen molar-refractivity contribution in [2.75, 3.05) is 26.9 Å². The number of hydrogen-bond donors (Lipinski definition) is 1. The average Bonchev–Trinajstić information content (AvgIpc) is 2.28. The molecular weight excluding hydrogens is 276 g/mol.